The van der Waals surface area contributed by atoms with E-state index in [1.165, 1.54) is 6.07 Å². The van der Waals surface area contributed by atoms with Gasteiger partial charge in [0.15, 0.2) is 0 Å². The molecule has 4 rings (SSSR count). The van der Waals surface area contributed by atoms with Gasteiger partial charge in [-0.25, -0.2) is 9.37 Å². The van der Waals surface area contributed by atoms with E-state index in [-0.39, 0.29) is 19.0 Å². The maximum absolute atomic E-state index is 14.3. The molecule has 0 saturated carbocycles. The average Bonchev–Trinajstić information content (AvgIpc) is 3.07. The van der Waals surface area contributed by atoms with Gasteiger partial charge in [0.2, 0.25) is 0 Å². The molecule has 1 heterocycles. The summed E-state index contributed by atoms with van der Waals surface area (Å²) < 4.78 is 27.3. The van der Waals surface area contributed by atoms with Gasteiger partial charge in [-0.1, -0.05) is 29.8 Å². The van der Waals surface area contributed by atoms with Gasteiger partial charge in [0.1, 0.15) is 29.7 Å². The Bertz CT molecular complexity index is 1090. The van der Waals surface area contributed by atoms with Crippen molar-refractivity contribution in [2.45, 2.75) is 13.2 Å². The fourth-order valence-electron chi connectivity index (χ4n) is 3.07. The lowest BCUT2D eigenvalue weighted by molar-refractivity contribution is 0.290. The molecule has 0 spiro atoms. The topological polar surface area (TPSA) is 36.3 Å². The zero-order chi connectivity index (χ0) is 19.5. The maximum Gasteiger partial charge on any atom is 0.148 e. The van der Waals surface area contributed by atoms with Gasteiger partial charge < -0.3 is 14.0 Å². The van der Waals surface area contributed by atoms with Gasteiger partial charge in [-0.15, -0.1) is 0 Å². The smallest absolute Gasteiger partial charge is 0.148 e. The third kappa shape index (κ3) is 3.66. The van der Waals surface area contributed by atoms with E-state index < -0.39 is 0 Å². The zero-order valence-electron chi connectivity index (χ0n) is 15.2. The van der Waals surface area contributed by atoms with Crippen LogP contribution in [0, 0.1) is 5.82 Å². The first-order valence-corrected chi connectivity index (χ1v) is 9.17. The van der Waals surface area contributed by atoms with Crippen LogP contribution in [0.2, 0.25) is 5.02 Å². The minimum absolute atomic E-state index is 0.243. The van der Waals surface area contributed by atoms with Gasteiger partial charge in [0.05, 0.1) is 24.7 Å². The number of benzene rings is 3. The van der Waals surface area contributed by atoms with Gasteiger partial charge in [0.25, 0.3) is 0 Å². The molecule has 0 aliphatic heterocycles. The van der Waals surface area contributed by atoms with Crippen LogP contribution in [0.15, 0.2) is 66.7 Å². The summed E-state index contributed by atoms with van der Waals surface area (Å²) in [7, 11) is 1.62. The van der Waals surface area contributed by atoms with Crippen molar-refractivity contribution in [3.05, 3.63) is 89.0 Å². The summed E-state index contributed by atoms with van der Waals surface area (Å²) >= 11 is 6.23. The molecule has 6 heteroatoms. The number of para-hydroxylation sites is 2. The van der Waals surface area contributed by atoms with Crippen LogP contribution in [0.4, 0.5) is 4.39 Å². The van der Waals surface area contributed by atoms with Gasteiger partial charge in [-0.05, 0) is 48.5 Å². The molecule has 4 nitrogen and oxygen atoms in total. The number of methoxy groups -OCH3 is 1. The Labute approximate surface area is 167 Å². The van der Waals surface area contributed by atoms with Crippen LogP contribution < -0.4 is 9.47 Å². The van der Waals surface area contributed by atoms with Crippen LogP contribution in [0.25, 0.3) is 11.0 Å². The summed E-state index contributed by atoms with van der Waals surface area (Å²) in [5, 5.41) is 0.389. The second kappa shape index (κ2) is 7.90. The molecule has 4 aromatic rings. The van der Waals surface area contributed by atoms with Crippen LogP contribution in [-0.2, 0) is 13.2 Å². The van der Waals surface area contributed by atoms with Gasteiger partial charge in [-0.2, -0.15) is 0 Å². The molecule has 0 bridgehead atoms. The minimum atomic E-state index is -0.340. The molecule has 142 valence electrons. The van der Waals surface area contributed by atoms with E-state index in [4.69, 9.17) is 21.1 Å². The monoisotopic (exact) mass is 396 g/mol. The number of fused-ring (bicyclic) bond motifs is 1. The van der Waals surface area contributed by atoms with Crippen LogP contribution in [0.1, 0.15) is 11.4 Å². The molecule has 0 aliphatic carbocycles. The number of hydrogen-bond acceptors (Lipinski definition) is 3. The summed E-state index contributed by atoms with van der Waals surface area (Å²) in [4.78, 5) is 4.66. The summed E-state index contributed by atoms with van der Waals surface area (Å²) in [6.07, 6.45) is 0. The van der Waals surface area contributed by atoms with Crippen molar-refractivity contribution in [2.24, 2.45) is 0 Å². The first-order valence-electron chi connectivity index (χ1n) is 8.79. The number of aromatic nitrogens is 2. The normalized spacial score (nSPS) is 11.0. The number of imidazole rings is 1. The largest absolute Gasteiger partial charge is 0.497 e. The number of hydrogen-bond donors (Lipinski definition) is 0. The van der Waals surface area contributed by atoms with E-state index in [0.717, 1.165) is 16.8 Å². The molecule has 0 aliphatic rings. The van der Waals surface area contributed by atoms with Crippen molar-refractivity contribution in [3.8, 4) is 11.5 Å². The van der Waals surface area contributed by atoms with E-state index in [1.54, 1.807) is 19.2 Å². The fourth-order valence-corrected chi connectivity index (χ4v) is 3.30. The van der Waals surface area contributed by atoms with Gasteiger partial charge in [-0.3, -0.25) is 0 Å². The van der Waals surface area contributed by atoms with Crippen molar-refractivity contribution in [3.63, 3.8) is 0 Å². The Hall–Kier alpha value is -3.05. The van der Waals surface area contributed by atoms with Crippen molar-refractivity contribution < 1.29 is 13.9 Å². The van der Waals surface area contributed by atoms with Crippen LogP contribution in [0.3, 0.4) is 0 Å². The van der Waals surface area contributed by atoms with E-state index in [1.807, 2.05) is 53.1 Å². The van der Waals surface area contributed by atoms with Gasteiger partial charge >= 0.3 is 0 Å². The van der Waals surface area contributed by atoms with Crippen molar-refractivity contribution in [2.75, 3.05) is 7.11 Å². The lowest BCUT2D eigenvalue weighted by atomic mass is 10.2. The average molecular weight is 397 g/mol. The summed E-state index contributed by atoms with van der Waals surface area (Å²) in [6.45, 7) is 0.514. The zero-order valence-corrected chi connectivity index (χ0v) is 16.0. The van der Waals surface area contributed by atoms with Crippen LogP contribution >= 0.6 is 11.6 Å². The third-order valence-electron chi connectivity index (χ3n) is 4.54. The standard InChI is InChI=1S/C22H18ClFN2O2/c1-27-15-9-11-16(12-10-15)28-14-22-25-20-7-2-3-8-21(20)26(22)13-17-18(23)5-4-6-19(17)24/h2-12H,13-14H2,1H3. The van der Waals surface area contributed by atoms with E-state index in [0.29, 0.717) is 22.2 Å². The Kier molecular flexibility index (Phi) is 5.17. The summed E-state index contributed by atoms with van der Waals surface area (Å²) in [6, 6.07) is 19.7. The predicted octanol–water partition coefficient (Wildman–Crippen LogP) is 5.46. The second-order valence-corrected chi connectivity index (χ2v) is 6.67. The first kappa shape index (κ1) is 18.3. The highest BCUT2D eigenvalue weighted by Crippen LogP contribution is 2.25. The number of rotatable bonds is 6. The lowest BCUT2D eigenvalue weighted by Crippen LogP contribution is -2.10. The molecular formula is C22H18ClFN2O2. The highest BCUT2D eigenvalue weighted by molar-refractivity contribution is 6.31. The molecule has 28 heavy (non-hydrogen) atoms. The van der Waals surface area contributed by atoms with Crippen LogP contribution in [-0.4, -0.2) is 16.7 Å². The Morgan fingerprint density at radius 3 is 2.46 bits per heavy atom. The minimum Gasteiger partial charge on any atom is -0.497 e. The molecule has 0 unspecified atom stereocenters. The SMILES string of the molecule is COc1ccc(OCc2nc3ccccc3n2Cc2c(F)cccc2Cl)cc1. The van der Waals surface area contributed by atoms with Crippen LogP contribution in [0.5, 0.6) is 11.5 Å². The number of halogens is 2. The van der Waals surface area contributed by atoms with E-state index in [9.17, 15) is 4.39 Å². The Balaban J connectivity index is 1.66. The predicted molar refractivity (Wildman–Crippen MR) is 108 cm³/mol. The maximum atomic E-state index is 14.3. The summed E-state index contributed by atoms with van der Waals surface area (Å²) in [5.74, 6) is 1.81. The van der Waals surface area contributed by atoms with Crippen molar-refractivity contribution >= 4 is 22.6 Å². The quantitative estimate of drug-likeness (QED) is 0.434. The second-order valence-electron chi connectivity index (χ2n) is 6.27. The van der Waals surface area contributed by atoms with E-state index in [2.05, 4.69) is 4.98 Å². The number of nitrogens with zero attached hydrogens (tertiary/aromatic N) is 2. The molecular weight excluding hydrogens is 379 g/mol. The molecule has 3 aromatic carbocycles. The molecule has 1 aromatic heterocycles. The van der Waals surface area contributed by atoms with E-state index >= 15 is 0 Å². The molecule has 0 atom stereocenters. The number of ether oxygens (including phenoxy) is 2. The lowest BCUT2D eigenvalue weighted by Gasteiger charge is -2.12. The molecule has 0 N–H and O–H groups in total. The molecule has 0 fully saturated rings. The Morgan fingerprint density at radius 2 is 1.71 bits per heavy atom. The highest BCUT2D eigenvalue weighted by atomic mass is 35.5. The third-order valence-corrected chi connectivity index (χ3v) is 4.89. The fraction of sp³-hybridized carbons (Fsp3) is 0.136. The van der Waals surface area contributed by atoms with Crippen molar-refractivity contribution in [1.82, 2.24) is 9.55 Å². The molecule has 0 amide bonds. The first-order chi connectivity index (χ1) is 13.7. The Morgan fingerprint density at radius 1 is 0.964 bits per heavy atom. The highest BCUT2D eigenvalue weighted by Gasteiger charge is 2.15. The molecule has 0 radical (unpaired) electrons. The van der Waals surface area contributed by atoms with Gasteiger partial charge in [0, 0.05) is 10.6 Å². The van der Waals surface area contributed by atoms with Crippen molar-refractivity contribution in [1.29, 1.82) is 0 Å². The summed E-state index contributed by atoms with van der Waals surface area (Å²) in [5.41, 5.74) is 2.15. The molecule has 0 saturated heterocycles.